The number of aliphatic hydroxyl groups excluding tert-OH is 1. The quantitative estimate of drug-likeness (QED) is 0.225. The summed E-state index contributed by atoms with van der Waals surface area (Å²) in [6.07, 6.45) is 1.32. The van der Waals surface area contributed by atoms with Crippen molar-refractivity contribution in [2.24, 2.45) is 5.73 Å². The van der Waals surface area contributed by atoms with E-state index in [0.717, 1.165) is 0 Å². The Morgan fingerprint density at radius 3 is 2.41 bits per heavy atom. The third kappa shape index (κ3) is 8.09. The average Bonchev–Trinajstić information content (AvgIpc) is 3.40. The van der Waals surface area contributed by atoms with Crippen molar-refractivity contribution in [2.45, 2.75) is 50.7 Å². The number of carbonyl (C=O) groups excluding carboxylic acids is 2. The summed E-state index contributed by atoms with van der Waals surface area (Å²) in [6, 6.07) is 7.50. The van der Waals surface area contributed by atoms with Gasteiger partial charge in [0.05, 0.1) is 12.3 Å². The highest BCUT2D eigenvalue weighted by Gasteiger charge is 2.28. The Labute approximate surface area is 229 Å². The predicted molar refractivity (Wildman–Crippen MR) is 142 cm³/mol. The lowest BCUT2D eigenvalue weighted by Gasteiger charge is -2.24. The van der Waals surface area contributed by atoms with Crippen LogP contribution in [0.15, 0.2) is 53.1 Å². The minimum Gasteiger partial charge on any atom is -0.480 e. The monoisotopic (exact) mass is 560 g/mol. The molecule has 39 heavy (non-hydrogen) atoms. The molecule has 6 N–H and O–H groups in total. The number of hydrogen-bond acceptors (Lipinski definition) is 7. The van der Waals surface area contributed by atoms with Crippen molar-refractivity contribution < 1.29 is 33.4 Å². The lowest BCUT2D eigenvalue weighted by molar-refractivity contribution is -0.142. The molecule has 0 unspecified atom stereocenters. The molecular formula is C27H30ClFN4O6. The molecule has 3 atom stereocenters. The van der Waals surface area contributed by atoms with Crippen LogP contribution < -0.4 is 16.4 Å². The van der Waals surface area contributed by atoms with Crippen LogP contribution >= 0.6 is 11.6 Å². The fourth-order valence-electron chi connectivity index (χ4n) is 3.79. The zero-order valence-electron chi connectivity index (χ0n) is 21.4. The third-order valence-corrected chi connectivity index (χ3v) is 6.22. The maximum Gasteiger partial charge on any atom is 0.326 e. The molecule has 0 saturated carbocycles. The number of aromatic nitrogens is 1. The standard InChI is InChI=1S/C27H30ClFN4O6/c1-14(2)23-13-39-26(33-23)25(36)31-18(11-22(27(37)38)32-24(35)21(30)12-34)9-15-3-5-16(6-4-15)19-10-17(28)7-8-20(19)29/h3-8,10,13-14,18,21-22,34H,9,11-12,30H2,1-2H3,(H,31,36)(H,32,35)(H,37,38)/t18-,21+,22-/m1/s1. The number of carboxylic acid groups (broad SMARTS) is 1. The normalized spacial score (nSPS) is 13.5. The van der Waals surface area contributed by atoms with E-state index >= 15 is 0 Å². The van der Waals surface area contributed by atoms with E-state index in [4.69, 9.17) is 26.9 Å². The van der Waals surface area contributed by atoms with E-state index in [1.807, 2.05) is 13.8 Å². The van der Waals surface area contributed by atoms with Crippen molar-refractivity contribution in [3.8, 4) is 11.1 Å². The van der Waals surface area contributed by atoms with Gasteiger partial charge in [0, 0.05) is 16.6 Å². The van der Waals surface area contributed by atoms with E-state index in [9.17, 15) is 23.9 Å². The lowest BCUT2D eigenvalue weighted by Crippen LogP contribution is -2.52. The van der Waals surface area contributed by atoms with Gasteiger partial charge in [-0.2, -0.15) is 0 Å². The van der Waals surface area contributed by atoms with Crippen LogP contribution in [0.3, 0.4) is 0 Å². The first-order valence-corrected chi connectivity index (χ1v) is 12.6. The first-order valence-electron chi connectivity index (χ1n) is 12.2. The second-order valence-corrected chi connectivity index (χ2v) is 9.79. The molecular weight excluding hydrogens is 531 g/mol. The van der Waals surface area contributed by atoms with Crippen molar-refractivity contribution in [1.29, 1.82) is 0 Å². The van der Waals surface area contributed by atoms with Crippen LogP contribution in [0.4, 0.5) is 4.39 Å². The Kier molecular flexibility index (Phi) is 10.2. The smallest absolute Gasteiger partial charge is 0.326 e. The van der Waals surface area contributed by atoms with Gasteiger partial charge in [0.15, 0.2) is 0 Å². The van der Waals surface area contributed by atoms with E-state index in [1.165, 1.54) is 24.5 Å². The van der Waals surface area contributed by atoms with Crippen molar-refractivity contribution >= 4 is 29.4 Å². The van der Waals surface area contributed by atoms with Gasteiger partial charge in [-0.3, -0.25) is 9.59 Å². The first kappa shape index (κ1) is 29.8. The highest BCUT2D eigenvalue weighted by atomic mass is 35.5. The molecule has 3 rings (SSSR count). The number of nitrogens with one attached hydrogen (secondary N) is 2. The Bertz CT molecular complexity index is 1310. The SMILES string of the molecule is CC(C)c1coc(C(=O)N[C@H](Cc2ccc(-c3cc(Cl)ccc3F)cc2)C[C@@H](NC(=O)[C@@H](N)CO)C(=O)O)n1. The number of nitrogens with zero attached hydrogens (tertiary/aromatic N) is 1. The molecule has 10 nitrogen and oxygen atoms in total. The van der Waals surface area contributed by atoms with Gasteiger partial charge >= 0.3 is 11.9 Å². The van der Waals surface area contributed by atoms with Crippen LogP contribution in [0.2, 0.25) is 5.02 Å². The Balaban J connectivity index is 1.84. The van der Waals surface area contributed by atoms with Crippen LogP contribution in [0.1, 0.15) is 48.1 Å². The minimum atomic E-state index is -1.42. The number of aliphatic hydroxyl groups is 1. The summed E-state index contributed by atoms with van der Waals surface area (Å²) in [5.74, 6) is -3.46. The van der Waals surface area contributed by atoms with E-state index in [-0.39, 0.29) is 24.7 Å². The van der Waals surface area contributed by atoms with Crippen LogP contribution in [0.5, 0.6) is 0 Å². The van der Waals surface area contributed by atoms with Gasteiger partial charge in [0.2, 0.25) is 5.91 Å². The van der Waals surface area contributed by atoms with E-state index in [0.29, 0.717) is 27.4 Å². The first-order chi connectivity index (χ1) is 18.5. The number of aliphatic carboxylic acids is 1. The Morgan fingerprint density at radius 1 is 1.13 bits per heavy atom. The minimum absolute atomic E-state index is 0.0243. The van der Waals surface area contributed by atoms with E-state index in [1.54, 1.807) is 24.3 Å². The lowest BCUT2D eigenvalue weighted by atomic mass is 9.96. The van der Waals surface area contributed by atoms with Crippen molar-refractivity contribution in [3.63, 3.8) is 0 Å². The summed E-state index contributed by atoms with van der Waals surface area (Å²) in [5, 5.41) is 24.2. The van der Waals surface area contributed by atoms with E-state index in [2.05, 4.69) is 15.6 Å². The number of carbonyl (C=O) groups is 3. The highest BCUT2D eigenvalue weighted by molar-refractivity contribution is 6.30. The zero-order chi connectivity index (χ0) is 28.7. The zero-order valence-corrected chi connectivity index (χ0v) is 22.1. The number of halogens is 2. The van der Waals surface area contributed by atoms with E-state index < -0.39 is 48.3 Å². The number of oxazole rings is 1. The number of carboxylic acids is 1. The molecule has 0 bridgehead atoms. The number of nitrogens with two attached hydrogens (primary N) is 1. The fraction of sp³-hybridized carbons (Fsp3) is 0.333. The van der Waals surface area contributed by atoms with Crippen molar-refractivity contribution in [1.82, 2.24) is 15.6 Å². The topological polar surface area (TPSA) is 168 Å². The molecule has 1 aromatic heterocycles. The average molecular weight is 561 g/mol. The summed E-state index contributed by atoms with van der Waals surface area (Å²) in [5.41, 5.74) is 7.68. The molecule has 0 aliphatic carbocycles. The molecule has 0 saturated heterocycles. The van der Waals surface area contributed by atoms with Crippen LogP contribution in [-0.2, 0) is 16.0 Å². The Hall–Kier alpha value is -3.80. The number of rotatable bonds is 12. The molecule has 0 aliphatic rings. The second kappa shape index (κ2) is 13.3. The molecule has 208 valence electrons. The van der Waals surface area contributed by atoms with Crippen molar-refractivity contribution in [3.05, 3.63) is 76.7 Å². The number of hydrogen-bond donors (Lipinski definition) is 5. The highest BCUT2D eigenvalue weighted by Crippen LogP contribution is 2.26. The molecule has 0 fully saturated rings. The molecule has 1 heterocycles. The second-order valence-electron chi connectivity index (χ2n) is 9.35. The maximum absolute atomic E-state index is 14.3. The van der Waals surface area contributed by atoms with Gasteiger partial charge in [-0.25, -0.2) is 14.2 Å². The van der Waals surface area contributed by atoms with Gasteiger partial charge in [0.1, 0.15) is 24.2 Å². The summed E-state index contributed by atoms with van der Waals surface area (Å²) >= 11 is 6.00. The fourth-order valence-corrected chi connectivity index (χ4v) is 3.96. The van der Waals surface area contributed by atoms with Crippen LogP contribution in [0.25, 0.3) is 11.1 Å². The summed E-state index contributed by atoms with van der Waals surface area (Å²) in [7, 11) is 0. The van der Waals surface area contributed by atoms with Gasteiger partial charge < -0.3 is 31.0 Å². The predicted octanol–water partition coefficient (Wildman–Crippen LogP) is 2.88. The molecule has 0 aliphatic heterocycles. The largest absolute Gasteiger partial charge is 0.480 e. The summed E-state index contributed by atoms with van der Waals surface area (Å²) in [4.78, 5) is 41.2. The molecule has 2 amide bonds. The number of amides is 2. The van der Waals surface area contributed by atoms with Gasteiger partial charge in [0.25, 0.3) is 5.89 Å². The van der Waals surface area contributed by atoms with Crippen LogP contribution in [0, 0.1) is 5.82 Å². The van der Waals surface area contributed by atoms with Crippen molar-refractivity contribution in [2.75, 3.05) is 6.61 Å². The molecule has 3 aromatic rings. The molecule has 12 heteroatoms. The number of benzene rings is 2. The molecule has 2 aromatic carbocycles. The van der Waals surface area contributed by atoms with Gasteiger partial charge in [-0.15, -0.1) is 0 Å². The Morgan fingerprint density at radius 2 is 1.82 bits per heavy atom. The summed E-state index contributed by atoms with van der Waals surface area (Å²) in [6.45, 7) is 3.11. The third-order valence-electron chi connectivity index (χ3n) is 5.99. The summed E-state index contributed by atoms with van der Waals surface area (Å²) < 4.78 is 19.6. The van der Waals surface area contributed by atoms with Gasteiger partial charge in [-0.1, -0.05) is 49.7 Å². The van der Waals surface area contributed by atoms with Gasteiger partial charge in [-0.05, 0) is 48.1 Å². The van der Waals surface area contributed by atoms with Crippen LogP contribution in [-0.4, -0.2) is 57.7 Å². The molecule has 0 radical (unpaired) electrons. The maximum atomic E-state index is 14.3. The molecule has 0 spiro atoms.